The number of ether oxygens (including phenoxy) is 1. The van der Waals surface area contributed by atoms with Crippen molar-refractivity contribution >= 4 is 11.7 Å². The van der Waals surface area contributed by atoms with Gasteiger partial charge in [0.1, 0.15) is 0 Å². The van der Waals surface area contributed by atoms with Gasteiger partial charge in [-0.3, -0.25) is 0 Å². The maximum absolute atomic E-state index is 11.9. The SMILES string of the molecule is COC(=O)c1ccccc1N1CCC(N)CC1(C)C. The molecule has 2 N–H and O–H groups in total. The van der Waals surface area contributed by atoms with Gasteiger partial charge in [0.2, 0.25) is 0 Å². The average molecular weight is 262 g/mol. The Morgan fingerprint density at radius 3 is 2.74 bits per heavy atom. The molecule has 104 valence electrons. The standard InChI is InChI=1S/C15H22N2O2/c1-15(2)10-11(16)8-9-17(15)13-7-5-4-6-12(13)14(18)19-3/h4-7,11H,8-10,16H2,1-3H3. The maximum atomic E-state index is 11.9. The highest BCUT2D eigenvalue weighted by atomic mass is 16.5. The summed E-state index contributed by atoms with van der Waals surface area (Å²) in [6.45, 7) is 5.20. The highest BCUT2D eigenvalue weighted by Crippen LogP contribution is 2.34. The fourth-order valence-electron chi connectivity index (χ4n) is 2.89. The first-order chi connectivity index (χ1) is 8.95. The third-order valence-electron chi connectivity index (χ3n) is 3.82. The number of hydrogen-bond donors (Lipinski definition) is 1. The van der Waals surface area contributed by atoms with Gasteiger partial charge in [0, 0.05) is 18.1 Å². The molecule has 0 amide bonds. The summed E-state index contributed by atoms with van der Waals surface area (Å²) in [5, 5.41) is 0. The Morgan fingerprint density at radius 2 is 2.11 bits per heavy atom. The zero-order valence-corrected chi connectivity index (χ0v) is 11.8. The Hall–Kier alpha value is -1.55. The summed E-state index contributed by atoms with van der Waals surface area (Å²) in [7, 11) is 1.41. The van der Waals surface area contributed by atoms with Crippen LogP contribution in [0.15, 0.2) is 24.3 Å². The fraction of sp³-hybridized carbons (Fsp3) is 0.533. The van der Waals surface area contributed by atoms with E-state index in [1.807, 2.05) is 24.3 Å². The number of carbonyl (C=O) groups is 1. The first-order valence-electron chi connectivity index (χ1n) is 6.66. The highest BCUT2D eigenvalue weighted by Gasteiger charge is 2.35. The Balaban J connectivity index is 2.39. The Kier molecular flexibility index (Phi) is 3.80. The highest BCUT2D eigenvalue weighted by molar-refractivity contribution is 5.96. The number of esters is 1. The first-order valence-corrected chi connectivity index (χ1v) is 6.66. The second-order valence-corrected chi connectivity index (χ2v) is 5.73. The predicted molar refractivity (Wildman–Crippen MR) is 76.4 cm³/mol. The fourth-order valence-corrected chi connectivity index (χ4v) is 2.89. The molecule has 0 aliphatic carbocycles. The minimum Gasteiger partial charge on any atom is -0.465 e. The van der Waals surface area contributed by atoms with Gasteiger partial charge in [0.25, 0.3) is 0 Å². The topological polar surface area (TPSA) is 55.6 Å². The molecular formula is C15H22N2O2. The second-order valence-electron chi connectivity index (χ2n) is 5.73. The van der Waals surface area contributed by atoms with Crippen LogP contribution in [-0.4, -0.2) is 31.2 Å². The van der Waals surface area contributed by atoms with Crippen molar-refractivity contribution in [1.29, 1.82) is 0 Å². The lowest BCUT2D eigenvalue weighted by atomic mass is 9.86. The molecule has 1 heterocycles. The summed E-state index contributed by atoms with van der Waals surface area (Å²) < 4.78 is 4.87. The zero-order chi connectivity index (χ0) is 14.0. The number of para-hydroxylation sites is 1. The summed E-state index contributed by atoms with van der Waals surface area (Å²) in [6, 6.07) is 7.83. The van der Waals surface area contributed by atoms with E-state index >= 15 is 0 Å². The van der Waals surface area contributed by atoms with E-state index in [-0.39, 0.29) is 17.6 Å². The molecule has 0 radical (unpaired) electrons. The lowest BCUT2D eigenvalue weighted by Gasteiger charge is -2.46. The molecule has 1 aromatic carbocycles. The van der Waals surface area contributed by atoms with Gasteiger partial charge >= 0.3 is 5.97 Å². The Bertz CT molecular complexity index is 471. The number of nitrogens with zero attached hydrogens (tertiary/aromatic N) is 1. The van der Waals surface area contributed by atoms with Crippen LogP contribution in [-0.2, 0) is 4.74 Å². The van der Waals surface area contributed by atoms with Crippen LogP contribution in [0.1, 0.15) is 37.0 Å². The van der Waals surface area contributed by atoms with E-state index < -0.39 is 0 Å². The van der Waals surface area contributed by atoms with Crippen LogP contribution in [0.2, 0.25) is 0 Å². The summed E-state index contributed by atoms with van der Waals surface area (Å²) in [6.07, 6.45) is 1.86. The van der Waals surface area contributed by atoms with Crippen LogP contribution in [0.4, 0.5) is 5.69 Å². The molecule has 1 atom stereocenters. The third-order valence-corrected chi connectivity index (χ3v) is 3.82. The van der Waals surface area contributed by atoms with E-state index in [1.54, 1.807) is 0 Å². The molecule has 4 nitrogen and oxygen atoms in total. The van der Waals surface area contributed by atoms with E-state index in [0.717, 1.165) is 25.1 Å². The van der Waals surface area contributed by atoms with Crippen LogP contribution in [0.3, 0.4) is 0 Å². The molecule has 0 aromatic heterocycles. The van der Waals surface area contributed by atoms with Crippen molar-refractivity contribution in [3.05, 3.63) is 29.8 Å². The van der Waals surface area contributed by atoms with Crippen molar-refractivity contribution in [3.63, 3.8) is 0 Å². The number of benzene rings is 1. The van der Waals surface area contributed by atoms with Gasteiger partial charge in [-0.1, -0.05) is 12.1 Å². The molecule has 4 heteroatoms. The average Bonchev–Trinajstić information content (AvgIpc) is 2.37. The van der Waals surface area contributed by atoms with E-state index in [1.165, 1.54) is 7.11 Å². The van der Waals surface area contributed by atoms with Crippen molar-refractivity contribution in [3.8, 4) is 0 Å². The smallest absolute Gasteiger partial charge is 0.339 e. The summed E-state index contributed by atoms with van der Waals surface area (Å²) >= 11 is 0. The van der Waals surface area contributed by atoms with Gasteiger partial charge < -0.3 is 15.4 Å². The minimum absolute atomic E-state index is 0.0538. The molecule has 0 saturated carbocycles. The molecule has 1 unspecified atom stereocenters. The number of rotatable bonds is 2. The number of anilines is 1. The van der Waals surface area contributed by atoms with Gasteiger partial charge in [0.15, 0.2) is 0 Å². The summed E-state index contributed by atoms with van der Waals surface area (Å²) in [5.41, 5.74) is 7.56. The van der Waals surface area contributed by atoms with E-state index in [0.29, 0.717) is 5.56 Å². The predicted octanol–water partition coefficient (Wildman–Crippen LogP) is 2.18. The Morgan fingerprint density at radius 1 is 1.42 bits per heavy atom. The van der Waals surface area contributed by atoms with Crippen molar-refractivity contribution in [1.82, 2.24) is 0 Å². The largest absolute Gasteiger partial charge is 0.465 e. The van der Waals surface area contributed by atoms with Crippen molar-refractivity contribution in [2.75, 3.05) is 18.6 Å². The van der Waals surface area contributed by atoms with Crippen molar-refractivity contribution in [2.24, 2.45) is 5.73 Å². The number of piperidine rings is 1. The minimum atomic E-state index is -0.290. The monoisotopic (exact) mass is 262 g/mol. The lowest BCUT2D eigenvalue weighted by molar-refractivity contribution is 0.0601. The van der Waals surface area contributed by atoms with Crippen LogP contribution in [0, 0.1) is 0 Å². The lowest BCUT2D eigenvalue weighted by Crippen LogP contribution is -2.54. The molecule has 1 saturated heterocycles. The van der Waals surface area contributed by atoms with Crippen LogP contribution in [0.25, 0.3) is 0 Å². The van der Waals surface area contributed by atoms with Gasteiger partial charge in [-0.25, -0.2) is 4.79 Å². The summed E-state index contributed by atoms with van der Waals surface area (Å²) in [5.74, 6) is -0.290. The van der Waals surface area contributed by atoms with Gasteiger partial charge in [0.05, 0.1) is 18.4 Å². The van der Waals surface area contributed by atoms with Crippen LogP contribution in [0.5, 0.6) is 0 Å². The third kappa shape index (κ3) is 2.73. The zero-order valence-electron chi connectivity index (χ0n) is 11.8. The quantitative estimate of drug-likeness (QED) is 0.830. The van der Waals surface area contributed by atoms with Gasteiger partial charge in [-0.15, -0.1) is 0 Å². The molecule has 0 bridgehead atoms. The first kappa shape index (κ1) is 13.9. The molecule has 19 heavy (non-hydrogen) atoms. The van der Waals surface area contributed by atoms with Crippen molar-refractivity contribution < 1.29 is 9.53 Å². The normalized spacial score (nSPS) is 22.1. The molecule has 1 aromatic rings. The molecule has 1 fully saturated rings. The van der Waals surface area contributed by atoms with E-state index in [2.05, 4.69) is 18.7 Å². The van der Waals surface area contributed by atoms with Gasteiger partial charge in [-0.2, -0.15) is 0 Å². The number of hydrogen-bond acceptors (Lipinski definition) is 4. The van der Waals surface area contributed by atoms with E-state index in [9.17, 15) is 4.79 Å². The second kappa shape index (κ2) is 5.21. The number of carbonyl (C=O) groups excluding carboxylic acids is 1. The van der Waals surface area contributed by atoms with Crippen LogP contribution >= 0.6 is 0 Å². The van der Waals surface area contributed by atoms with Crippen molar-refractivity contribution in [2.45, 2.75) is 38.3 Å². The molecule has 1 aliphatic rings. The number of nitrogens with two attached hydrogens (primary N) is 1. The maximum Gasteiger partial charge on any atom is 0.339 e. The molecule has 1 aliphatic heterocycles. The molecule has 0 spiro atoms. The number of methoxy groups -OCH3 is 1. The van der Waals surface area contributed by atoms with E-state index in [4.69, 9.17) is 10.5 Å². The Labute approximate surface area is 114 Å². The van der Waals surface area contributed by atoms with Gasteiger partial charge in [-0.05, 0) is 38.8 Å². The van der Waals surface area contributed by atoms with Crippen LogP contribution < -0.4 is 10.6 Å². The molecule has 2 rings (SSSR count). The summed E-state index contributed by atoms with van der Waals surface area (Å²) in [4.78, 5) is 14.1. The molecular weight excluding hydrogens is 240 g/mol.